The highest BCUT2D eigenvalue weighted by molar-refractivity contribution is 5.31. The molecule has 19 heavy (non-hydrogen) atoms. The molecule has 1 N–H and O–H groups in total. The Morgan fingerprint density at radius 1 is 1.32 bits per heavy atom. The summed E-state index contributed by atoms with van der Waals surface area (Å²) < 4.78 is 19.0. The van der Waals surface area contributed by atoms with Gasteiger partial charge < -0.3 is 10.1 Å². The smallest absolute Gasteiger partial charge is 0.123 e. The minimum absolute atomic E-state index is 0.0422. The van der Waals surface area contributed by atoms with Crippen LogP contribution in [0.1, 0.15) is 12.5 Å². The third-order valence-corrected chi connectivity index (χ3v) is 4.62. The summed E-state index contributed by atoms with van der Waals surface area (Å²) in [5.74, 6) is -0.156. The lowest BCUT2D eigenvalue weighted by atomic mass is 9.72. The molecule has 1 atom stereocenters. The van der Waals surface area contributed by atoms with Gasteiger partial charge in [0, 0.05) is 32.2 Å². The van der Waals surface area contributed by atoms with Crippen molar-refractivity contribution in [1.29, 1.82) is 0 Å². The van der Waals surface area contributed by atoms with E-state index in [1.54, 1.807) is 12.1 Å². The predicted molar refractivity (Wildman–Crippen MR) is 72.8 cm³/mol. The second-order valence-electron chi connectivity index (χ2n) is 5.62. The number of halogens is 1. The summed E-state index contributed by atoms with van der Waals surface area (Å²) >= 11 is 0. The summed E-state index contributed by atoms with van der Waals surface area (Å²) in [7, 11) is 0. The van der Waals surface area contributed by atoms with Gasteiger partial charge in [-0.05, 0) is 24.6 Å². The molecule has 1 unspecified atom stereocenters. The molecule has 3 rings (SSSR count). The van der Waals surface area contributed by atoms with Crippen LogP contribution >= 0.6 is 0 Å². The van der Waals surface area contributed by atoms with E-state index in [-0.39, 0.29) is 11.2 Å². The Balaban J connectivity index is 1.85. The maximum Gasteiger partial charge on any atom is 0.123 e. The standard InChI is InChI=1S/C15H21FN2O/c1-12(18-7-5-17-6-8-18)15(10-19-11-15)13-3-2-4-14(16)9-13/h2-4,9,12,17H,5-8,10-11H2,1H3. The molecule has 0 aromatic heterocycles. The van der Waals surface area contributed by atoms with Crippen LogP contribution in [0, 0.1) is 5.82 Å². The zero-order chi connectivity index (χ0) is 13.3. The molecular weight excluding hydrogens is 243 g/mol. The molecular formula is C15H21FN2O. The van der Waals surface area contributed by atoms with Crippen molar-refractivity contribution >= 4 is 0 Å². The maximum atomic E-state index is 13.5. The lowest BCUT2D eigenvalue weighted by Crippen LogP contribution is -2.62. The first kappa shape index (κ1) is 13.0. The molecule has 0 spiro atoms. The highest BCUT2D eigenvalue weighted by atomic mass is 19.1. The molecule has 2 aliphatic rings. The Morgan fingerprint density at radius 3 is 2.63 bits per heavy atom. The van der Waals surface area contributed by atoms with Crippen LogP contribution in [0.15, 0.2) is 24.3 Å². The first-order valence-electron chi connectivity index (χ1n) is 7.01. The summed E-state index contributed by atoms with van der Waals surface area (Å²) in [6, 6.07) is 7.39. The van der Waals surface area contributed by atoms with Gasteiger partial charge in [-0.15, -0.1) is 0 Å². The first-order chi connectivity index (χ1) is 9.22. The molecule has 4 heteroatoms. The van der Waals surface area contributed by atoms with Gasteiger partial charge in [0.05, 0.1) is 18.6 Å². The number of nitrogens with zero attached hydrogens (tertiary/aromatic N) is 1. The molecule has 2 fully saturated rings. The molecule has 2 saturated heterocycles. The van der Waals surface area contributed by atoms with E-state index in [4.69, 9.17) is 4.74 Å². The van der Waals surface area contributed by atoms with Crippen molar-refractivity contribution in [3.63, 3.8) is 0 Å². The van der Waals surface area contributed by atoms with Gasteiger partial charge in [0.25, 0.3) is 0 Å². The quantitative estimate of drug-likeness (QED) is 0.893. The largest absolute Gasteiger partial charge is 0.379 e. The summed E-state index contributed by atoms with van der Waals surface area (Å²) in [4.78, 5) is 2.49. The Morgan fingerprint density at radius 2 is 2.05 bits per heavy atom. The maximum absolute atomic E-state index is 13.5. The van der Waals surface area contributed by atoms with Crippen LogP contribution in [0.5, 0.6) is 0 Å². The van der Waals surface area contributed by atoms with Crippen LogP contribution in [-0.4, -0.2) is 50.3 Å². The van der Waals surface area contributed by atoms with Gasteiger partial charge in [0.1, 0.15) is 5.82 Å². The van der Waals surface area contributed by atoms with Gasteiger partial charge >= 0.3 is 0 Å². The number of piperazine rings is 1. The second-order valence-corrected chi connectivity index (χ2v) is 5.62. The molecule has 1 aromatic rings. The third kappa shape index (κ3) is 2.29. The number of hydrogen-bond donors (Lipinski definition) is 1. The van der Waals surface area contributed by atoms with Gasteiger partial charge in [-0.2, -0.15) is 0 Å². The van der Waals surface area contributed by atoms with Gasteiger partial charge in [-0.1, -0.05) is 12.1 Å². The number of hydrogen-bond acceptors (Lipinski definition) is 3. The molecule has 2 aliphatic heterocycles. The topological polar surface area (TPSA) is 24.5 Å². The number of benzene rings is 1. The van der Waals surface area contributed by atoms with E-state index in [2.05, 4.69) is 17.1 Å². The van der Waals surface area contributed by atoms with Crippen molar-refractivity contribution in [3.05, 3.63) is 35.6 Å². The fraction of sp³-hybridized carbons (Fsp3) is 0.600. The fourth-order valence-corrected chi connectivity index (χ4v) is 3.19. The second kappa shape index (κ2) is 5.19. The minimum atomic E-state index is -0.156. The van der Waals surface area contributed by atoms with Crippen LogP contribution in [0.25, 0.3) is 0 Å². The average Bonchev–Trinajstić information content (AvgIpc) is 2.38. The van der Waals surface area contributed by atoms with Gasteiger partial charge in [-0.25, -0.2) is 4.39 Å². The van der Waals surface area contributed by atoms with E-state index < -0.39 is 0 Å². The van der Waals surface area contributed by atoms with E-state index in [1.165, 1.54) is 6.07 Å². The Kier molecular flexibility index (Phi) is 3.56. The Hall–Kier alpha value is -0.970. The van der Waals surface area contributed by atoms with Crippen molar-refractivity contribution in [2.24, 2.45) is 0 Å². The molecule has 0 radical (unpaired) electrons. The van der Waals surface area contributed by atoms with E-state index in [0.29, 0.717) is 19.3 Å². The average molecular weight is 264 g/mol. The van der Waals surface area contributed by atoms with Crippen molar-refractivity contribution in [2.75, 3.05) is 39.4 Å². The van der Waals surface area contributed by atoms with Crippen molar-refractivity contribution in [2.45, 2.75) is 18.4 Å². The highest BCUT2D eigenvalue weighted by Crippen LogP contribution is 2.38. The van der Waals surface area contributed by atoms with Crippen LogP contribution in [0.4, 0.5) is 4.39 Å². The summed E-state index contributed by atoms with van der Waals surface area (Å²) in [6.07, 6.45) is 0. The Labute approximate surface area is 113 Å². The molecule has 2 heterocycles. The number of rotatable bonds is 3. The zero-order valence-electron chi connectivity index (χ0n) is 11.4. The van der Waals surface area contributed by atoms with E-state index >= 15 is 0 Å². The Bertz CT molecular complexity index is 442. The monoisotopic (exact) mass is 264 g/mol. The van der Waals surface area contributed by atoms with Crippen molar-refractivity contribution < 1.29 is 9.13 Å². The molecule has 3 nitrogen and oxygen atoms in total. The van der Waals surface area contributed by atoms with Crippen molar-refractivity contribution in [3.8, 4) is 0 Å². The molecule has 0 aliphatic carbocycles. The highest BCUT2D eigenvalue weighted by Gasteiger charge is 2.47. The molecule has 0 saturated carbocycles. The summed E-state index contributed by atoms with van der Waals surface area (Å²) in [5, 5.41) is 3.37. The summed E-state index contributed by atoms with van der Waals surface area (Å²) in [6.45, 7) is 7.81. The van der Waals surface area contributed by atoms with Gasteiger partial charge in [0.2, 0.25) is 0 Å². The van der Waals surface area contributed by atoms with Gasteiger partial charge in [-0.3, -0.25) is 4.90 Å². The van der Waals surface area contributed by atoms with Crippen LogP contribution in [0.3, 0.4) is 0 Å². The molecule has 0 amide bonds. The lowest BCUT2D eigenvalue weighted by Gasteiger charge is -2.51. The SMILES string of the molecule is CC(N1CCNCC1)C1(c2cccc(F)c2)COC1. The van der Waals surface area contributed by atoms with E-state index in [9.17, 15) is 4.39 Å². The normalized spacial score (nSPS) is 24.7. The minimum Gasteiger partial charge on any atom is -0.379 e. The summed E-state index contributed by atoms with van der Waals surface area (Å²) in [5.41, 5.74) is 1.03. The molecule has 104 valence electrons. The van der Waals surface area contributed by atoms with Crippen LogP contribution in [0.2, 0.25) is 0 Å². The number of nitrogens with one attached hydrogen (secondary N) is 1. The van der Waals surface area contributed by atoms with E-state index in [1.807, 2.05) is 6.07 Å². The number of ether oxygens (including phenoxy) is 1. The van der Waals surface area contributed by atoms with Crippen LogP contribution < -0.4 is 5.32 Å². The fourth-order valence-electron chi connectivity index (χ4n) is 3.19. The van der Waals surface area contributed by atoms with Crippen molar-refractivity contribution in [1.82, 2.24) is 10.2 Å². The van der Waals surface area contributed by atoms with Crippen LogP contribution in [-0.2, 0) is 10.2 Å². The first-order valence-corrected chi connectivity index (χ1v) is 7.01. The van der Waals surface area contributed by atoms with Gasteiger partial charge in [0.15, 0.2) is 0 Å². The third-order valence-electron chi connectivity index (χ3n) is 4.62. The predicted octanol–water partition coefficient (Wildman–Crippen LogP) is 1.39. The zero-order valence-corrected chi connectivity index (χ0v) is 11.4. The lowest BCUT2D eigenvalue weighted by molar-refractivity contribution is -0.100. The van der Waals surface area contributed by atoms with E-state index in [0.717, 1.165) is 31.7 Å². The molecule has 0 bridgehead atoms. The molecule has 1 aromatic carbocycles.